The Morgan fingerprint density at radius 1 is 1.07 bits per heavy atom. The van der Waals surface area contributed by atoms with Gasteiger partial charge in [-0.2, -0.15) is 0 Å². The number of hydrogen-bond donors (Lipinski definition) is 1. The van der Waals surface area contributed by atoms with Gasteiger partial charge in [0.15, 0.2) is 23.0 Å². The first kappa shape index (κ1) is 21.0. The molecule has 2 heterocycles. The Morgan fingerprint density at radius 2 is 1.77 bits per heavy atom. The fourth-order valence-corrected chi connectivity index (χ4v) is 2.98. The molecule has 30 heavy (non-hydrogen) atoms. The predicted octanol–water partition coefficient (Wildman–Crippen LogP) is 3.07. The predicted molar refractivity (Wildman–Crippen MR) is 109 cm³/mol. The highest BCUT2D eigenvalue weighted by Crippen LogP contribution is 2.38. The third-order valence-electron chi connectivity index (χ3n) is 4.40. The highest BCUT2D eigenvalue weighted by Gasteiger charge is 2.16. The molecule has 1 amide bonds. The molecule has 3 rings (SSSR count). The summed E-state index contributed by atoms with van der Waals surface area (Å²) < 4.78 is 28.2. The van der Waals surface area contributed by atoms with E-state index < -0.39 is 6.09 Å². The summed E-state index contributed by atoms with van der Waals surface area (Å²) in [5.41, 5.74) is 2.13. The number of methoxy groups -OCH3 is 4. The summed E-state index contributed by atoms with van der Waals surface area (Å²) in [5, 5.41) is 7.09. The second-order valence-electron chi connectivity index (χ2n) is 6.14. The number of rotatable bonds is 8. The number of ether oxygens (including phenoxy) is 5. The number of aromatic nitrogens is 3. The Labute approximate surface area is 173 Å². The number of nitrogens with zero attached hydrogens (tertiary/aromatic N) is 3. The Morgan fingerprint density at radius 3 is 2.33 bits per heavy atom. The zero-order chi connectivity index (χ0) is 21.7. The smallest absolute Gasteiger partial charge is 0.412 e. The maximum Gasteiger partial charge on any atom is 0.412 e. The topological polar surface area (TPSA) is 105 Å². The van der Waals surface area contributed by atoms with Crippen LogP contribution < -0.4 is 24.3 Å². The van der Waals surface area contributed by atoms with Crippen molar-refractivity contribution in [2.45, 2.75) is 20.0 Å². The third kappa shape index (κ3) is 4.17. The Bertz CT molecular complexity index is 1020. The molecule has 10 nitrogen and oxygen atoms in total. The van der Waals surface area contributed by atoms with E-state index in [9.17, 15) is 4.79 Å². The molecule has 0 unspecified atom stereocenters. The lowest BCUT2D eigenvalue weighted by atomic mass is 10.2. The Hall–Kier alpha value is -3.69. The largest absolute Gasteiger partial charge is 0.493 e. The van der Waals surface area contributed by atoms with Crippen LogP contribution in [-0.2, 0) is 17.8 Å². The first-order valence-electron chi connectivity index (χ1n) is 9.19. The normalized spacial score (nSPS) is 10.6. The molecule has 0 aliphatic heterocycles. The molecular formula is C20H24N4O6. The SMILES string of the molecule is CCc1c(NC(=O)OC)nc2ccc(OCc3cc(OC)c(OC)c(OC)c3)nn12. The van der Waals surface area contributed by atoms with Crippen LogP contribution in [0.2, 0.25) is 0 Å². The second-order valence-corrected chi connectivity index (χ2v) is 6.14. The molecule has 0 saturated carbocycles. The van der Waals surface area contributed by atoms with Crippen LogP contribution in [0.25, 0.3) is 5.65 Å². The molecule has 0 spiro atoms. The molecule has 160 valence electrons. The van der Waals surface area contributed by atoms with Crippen molar-refractivity contribution in [1.82, 2.24) is 14.6 Å². The van der Waals surface area contributed by atoms with E-state index >= 15 is 0 Å². The lowest BCUT2D eigenvalue weighted by Gasteiger charge is -2.14. The quantitative estimate of drug-likeness (QED) is 0.597. The number of nitrogens with one attached hydrogen (secondary N) is 1. The number of aryl methyl sites for hydroxylation is 1. The van der Waals surface area contributed by atoms with Crippen molar-refractivity contribution < 1.29 is 28.5 Å². The number of fused-ring (bicyclic) bond motifs is 1. The number of amides is 1. The van der Waals surface area contributed by atoms with E-state index in [-0.39, 0.29) is 6.61 Å². The van der Waals surface area contributed by atoms with E-state index in [1.807, 2.05) is 19.1 Å². The third-order valence-corrected chi connectivity index (χ3v) is 4.40. The molecule has 0 aliphatic rings. The second kappa shape index (κ2) is 9.21. The number of imidazole rings is 1. The first-order valence-corrected chi connectivity index (χ1v) is 9.19. The van der Waals surface area contributed by atoms with Crippen LogP contribution in [0.4, 0.5) is 10.6 Å². The van der Waals surface area contributed by atoms with E-state index in [0.29, 0.717) is 41.0 Å². The van der Waals surface area contributed by atoms with Crippen molar-refractivity contribution in [3.05, 3.63) is 35.5 Å². The zero-order valence-electron chi connectivity index (χ0n) is 17.5. The monoisotopic (exact) mass is 416 g/mol. The van der Waals surface area contributed by atoms with Gasteiger partial charge in [0.25, 0.3) is 0 Å². The van der Waals surface area contributed by atoms with Gasteiger partial charge in [-0.3, -0.25) is 5.32 Å². The van der Waals surface area contributed by atoms with Gasteiger partial charge < -0.3 is 23.7 Å². The van der Waals surface area contributed by atoms with Crippen LogP contribution in [0.5, 0.6) is 23.1 Å². The molecule has 1 aromatic carbocycles. The summed E-state index contributed by atoms with van der Waals surface area (Å²) >= 11 is 0. The number of hydrogen-bond acceptors (Lipinski definition) is 8. The summed E-state index contributed by atoms with van der Waals surface area (Å²) in [6.45, 7) is 2.18. The minimum Gasteiger partial charge on any atom is -0.493 e. The van der Waals surface area contributed by atoms with Crippen molar-refractivity contribution in [1.29, 1.82) is 0 Å². The standard InChI is InChI=1S/C20H24N4O6/c1-6-13-19(22-20(25)29-5)21-16-7-8-17(23-24(13)16)30-11-12-9-14(26-2)18(28-4)15(10-12)27-3/h7-10H,6,11H2,1-5H3,(H,22,25). The van der Waals surface area contributed by atoms with Crippen LogP contribution in [0.1, 0.15) is 18.2 Å². The van der Waals surface area contributed by atoms with Gasteiger partial charge in [-0.15, -0.1) is 5.10 Å². The molecule has 0 bridgehead atoms. The van der Waals surface area contributed by atoms with Gasteiger partial charge in [0.05, 0.1) is 34.1 Å². The summed E-state index contributed by atoms with van der Waals surface area (Å²) in [6, 6.07) is 7.10. The minimum absolute atomic E-state index is 0.235. The van der Waals surface area contributed by atoms with Gasteiger partial charge in [0, 0.05) is 6.07 Å². The average Bonchev–Trinajstić information content (AvgIpc) is 3.12. The van der Waals surface area contributed by atoms with Gasteiger partial charge in [0.2, 0.25) is 11.6 Å². The van der Waals surface area contributed by atoms with Crippen molar-refractivity contribution >= 4 is 17.6 Å². The van der Waals surface area contributed by atoms with Crippen LogP contribution >= 0.6 is 0 Å². The van der Waals surface area contributed by atoms with Crippen LogP contribution in [0.3, 0.4) is 0 Å². The highest BCUT2D eigenvalue weighted by atomic mass is 16.5. The Kier molecular flexibility index (Phi) is 6.45. The van der Waals surface area contributed by atoms with E-state index in [1.54, 1.807) is 38.0 Å². The number of benzene rings is 1. The molecule has 1 N–H and O–H groups in total. The van der Waals surface area contributed by atoms with Gasteiger partial charge in [-0.05, 0) is 30.2 Å². The first-order chi connectivity index (χ1) is 14.5. The molecule has 0 fully saturated rings. The van der Waals surface area contributed by atoms with E-state index in [1.165, 1.54) is 7.11 Å². The van der Waals surface area contributed by atoms with Crippen LogP contribution in [0.15, 0.2) is 24.3 Å². The maximum absolute atomic E-state index is 11.5. The van der Waals surface area contributed by atoms with Crippen molar-refractivity contribution in [3.8, 4) is 23.1 Å². The molecule has 10 heteroatoms. The fourth-order valence-electron chi connectivity index (χ4n) is 2.98. The number of carbonyl (C=O) groups is 1. The Balaban J connectivity index is 1.85. The molecular weight excluding hydrogens is 392 g/mol. The zero-order valence-corrected chi connectivity index (χ0v) is 17.5. The highest BCUT2D eigenvalue weighted by molar-refractivity contribution is 5.84. The van der Waals surface area contributed by atoms with E-state index in [4.69, 9.17) is 18.9 Å². The fraction of sp³-hybridized carbons (Fsp3) is 0.350. The maximum atomic E-state index is 11.5. The van der Waals surface area contributed by atoms with Gasteiger partial charge >= 0.3 is 6.09 Å². The molecule has 0 atom stereocenters. The van der Waals surface area contributed by atoms with Crippen LogP contribution in [0, 0.1) is 0 Å². The summed E-state index contributed by atoms with van der Waals surface area (Å²) in [4.78, 5) is 15.9. The number of anilines is 1. The average molecular weight is 416 g/mol. The molecule has 0 saturated heterocycles. The van der Waals surface area contributed by atoms with Crippen LogP contribution in [-0.4, -0.2) is 49.1 Å². The van der Waals surface area contributed by atoms with Gasteiger partial charge in [-0.1, -0.05) is 6.92 Å². The molecule has 2 aromatic heterocycles. The van der Waals surface area contributed by atoms with E-state index in [0.717, 1.165) is 11.3 Å². The van der Waals surface area contributed by atoms with Gasteiger partial charge in [-0.25, -0.2) is 14.3 Å². The summed E-state index contributed by atoms with van der Waals surface area (Å²) in [5.74, 6) is 2.40. The molecule has 0 aliphatic carbocycles. The van der Waals surface area contributed by atoms with Gasteiger partial charge in [0.1, 0.15) is 6.61 Å². The lowest BCUT2D eigenvalue weighted by Crippen LogP contribution is -2.13. The van der Waals surface area contributed by atoms with E-state index in [2.05, 4.69) is 20.1 Å². The minimum atomic E-state index is -0.591. The molecule has 3 aromatic rings. The summed E-state index contributed by atoms with van der Waals surface area (Å²) in [6.07, 6.45) is 0.0103. The van der Waals surface area contributed by atoms with Crippen molar-refractivity contribution in [3.63, 3.8) is 0 Å². The van der Waals surface area contributed by atoms with Crippen molar-refractivity contribution in [2.24, 2.45) is 0 Å². The number of carbonyl (C=O) groups excluding carboxylic acids is 1. The lowest BCUT2D eigenvalue weighted by molar-refractivity contribution is 0.187. The summed E-state index contributed by atoms with van der Waals surface area (Å²) in [7, 11) is 5.96. The van der Waals surface area contributed by atoms with Crippen molar-refractivity contribution in [2.75, 3.05) is 33.8 Å². The molecule has 0 radical (unpaired) electrons.